The number of hydrogen-bond acceptors (Lipinski definition) is 5. The number of oxazole rings is 1. The Morgan fingerprint density at radius 2 is 2.35 bits per heavy atom. The van der Waals surface area contributed by atoms with E-state index in [0.29, 0.717) is 24.7 Å². The van der Waals surface area contributed by atoms with Crippen molar-refractivity contribution in [3.05, 3.63) is 48.3 Å². The van der Waals surface area contributed by atoms with Gasteiger partial charge in [0.2, 0.25) is 0 Å². The fourth-order valence-corrected chi connectivity index (χ4v) is 3.28. The van der Waals surface area contributed by atoms with E-state index in [2.05, 4.69) is 14.9 Å². The van der Waals surface area contributed by atoms with E-state index in [4.69, 9.17) is 13.9 Å². The van der Waals surface area contributed by atoms with E-state index >= 15 is 0 Å². The molecule has 136 valence electrons. The summed E-state index contributed by atoms with van der Waals surface area (Å²) >= 11 is 0. The van der Waals surface area contributed by atoms with E-state index in [1.807, 2.05) is 30.5 Å². The molecule has 2 aromatic heterocycles. The molecule has 0 saturated carbocycles. The fourth-order valence-electron chi connectivity index (χ4n) is 3.28. The predicted octanol–water partition coefficient (Wildman–Crippen LogP) is 3.38. The summed E-state index contributed by atoms with van der Waals surface area (Å²) in [4.78, 5) is 16.8. The molecule has 7 heteroatoms. The van der Waals surface area contributed by atoms with Crippen LogP contribution in [0.3, 0.4) is 0 Å². The first-order valence-corrected chi connectivity index (χ1v) is 8.70. The zero-order chi connectivity index (χ0) is 17.9. The SMILES string of the molecule is COCCn1ccc2ccc(NC(=O)c3ncoc3[C@@H]3CCCO3)cc21. The van der Waals surface area contributed by atoms with Crippen molar-refractivity contribution in [2.45, 2.75) is 25.5 Å². The van der Waals surface area contributed by atoms with Gasteiger partial charge in [0.25, 0.3) is 5.91 Å². The Balaban J connectivity index is 1.55. The molecule has 1 saturated heterocycles. The van der Waals surface area contributed by atoms with Gasteiger partial charge in [0.1, 0.15) is 6.10 Å². The molecule has 1 atom stereocenters. The number of ether oxygens (including phenoxy) is 2. The van der Waals surface area contributed by atoms with Crippen molar-refractivity contribution < 1.29 is 18.7 Å². The van der Waals surface area contributed by atoms with Crippen LogP contribution in [0.5, 0.6) is 0 Å². The number of fused-ring (bicyclic) bond motifs is 1. The molecule has 0 radical (unpaired) electrons. The number of carbonyl (C=O) groups excluding carboxylic acids is 1. The minimum absolute atomic E-state index is 0.188. The Hall–Kier alpha value is -2.64. The average molecular weight is 355 g/mol. The lowest BCUT2D eigenvalue weighted by Gasteiger charge is -2.09. The van der Waals surface area contributed by atoms with Gasteiger partial charge in [-0.15, -0.1) is 0 Å². The Morgan fingerprint density at radius 1 is 1.42 bits per heavy atom. The lowest BCUT2D eigenvalue weighted by molar-refractivity contribution is 0.0889. The molecule has 7 nitrogen and oxygen atoms in total. The highest BCUT2D eigenvalue weighted by atomic mass is 16.5. The van der Waals surface area contributed by atoms with Crippen LogP contribution in [-0.2, 0) is 16.0 Å². The first kappa shape index (κ1) is 16.8. The van der Waals surface area contributed by atoms with Crippen molar-refractivity contribution in [3.63, 3.8) is 0 Å². The molecule has 1 amide bonds. The maximum Gasteiger partial charge on any atom is 0.278 e. The van der Waals surface area contributed by atoms with Crippen LogP contribution in [-0.4, -0.2) is 35.8 Å². The first-order valence-electron chi connectivity index (χ1n) is 8.70. The van der Waals surface area contributed by atoms with Gasteiger partial charge in [-0.05, 0) is 36.4 Å². The molecule has 3 aromatic rings. The van der Waals surface area contributed by atoms with Crippen LogP contribution in [0, 0.1) is 0 Å². The lowest BCUT2D eigenvalue weighted by Crippen LogP contribution is -2.15. The van der Waals surface area contributed by atoms with Crippen LogP contribution < -0.4 is 5.32 Å². The van der Waals surface area contributed by atoms with Crippen molar-refractivity contribution in [1.29, 1.82) is 0 Å². The topological polar surface area (TPSA) is 78.5 Å². The molecule has 1 aliphatic heterocycles. The zero-order valence-corrected chi connectivity index (χ0v) is 14.6. The number of benzene rings is 1. The maximum absolute atomic E-state index is 12.7. The molecule has 4 rings (SSSR count). The van der Waals surface area contributed by atoms with Gasteiger partial charge < -0.3 is 23.8 Å². The standard InChI is InChI=1S/C19H21N3O4/c1-24-10-8-22-7-6-13-4-5-14(11-15(13)22)21-19(23)17-18(26-12-20-17)16-3-2-9-25-16/h4-7,11-12,16H,2-3,8-10H2,1H3,(H,21,23)/t16-/m0/s1. The van der Waals surface area contributed by atoms with Crippen LogP contribution in [0.25, 0.3) is 10.9 Å². The summed E-state index contributed by atoms with van der Waals surface area (Å²) in [6.07, 6.45) is 4.93. The van der Waals surface area contributed by atoms with Gasteiger partial charge in [-0.3, -0.25) is 4.79 Å². The second-order valence-corrected chi connectivity index (χ2v) is 6.30. The molecule has 0 unspecified atom stereocenters. The minimum atomic E-state index is -0.293. The average Bonchev–Trinajstić information content (AvgIpc) is 3.39. The van der Waals surface area contributed by atoms with Crippen LogP contribution >= 0.6 is 0 Å². The van der Waals surface area contributed by atoms with Gasteiger partial charge in [-0.1, -0.05) is 6.07 Å². The Bertz CT molecular complexity index is 909. The van der Waals surface area contributed by atoms with Crippen molar-refractivity contribution >= 4 is 22.5 Å². The molecule has 26 heavy (non-hydrogen) atoms. The van der Waals surface area contributed by atoms with E-state index in [-0.39, 0.29) is 17.7 Å². The van der Waals surface area contributed by atoms with Gasteiger partial charge in [-0.25, -0.2) is 4.98 Å². The Kier molecular flexibility index (Phi) is 4.73. The van der Waals surface area contributed by atoms with Crippen molar-refractivity contribution in [3.8, 4) is 0 Å². The molecular formula is C19H21N3O4. The second kappa shape index (κ2) is 7.31. The Labute approximate surface area is 150 Å². The third-order valence-electron chi connectivity index (χ3n) is 4.60. The van der Waals surface area contributed by atoms with Crippen molar-refractivity contribution in [2.75, 3.05) is 25.6 Å². The number of methoxy groups -OCH3 is 1. The summed E-state index contributed by atoms with van der Waals surface area (Å²) < 4.78 is 18.3. The molecule has 0 bridgehead atoms. The molecule has 0 aliphatic carbocycles. The van der Waals surface area contributed by atoms with Gasteiger partial charge >= 0.3 is 0 Å². The molecule has 1 aromatic carbocycles. The summed E-state index contributed by atoms with van der Waals surface area (Å²) in [5, 5.41) is 4.02. The number of hydrogen-bond donors (Lipinski definition) is 1. The largest absolute Gasteiger partial charge is 0.445 e. The summed E-state index contributed by atoms with van der Waals surface area (Å²) in [6.45, 7) is 2.06. The number of amides is 1. The number of nitrogens with zero attached hydrogens (tertiary/aromatic N) is 2. The summed E-state index contributed by atoms with van der Waals surface area (Å²) in [6, 6.07) is 7.86. The van der Waals surface area contributed by atoms with Crippen LogP contribution in [0.4, 0.5) is 5.69 Å². The third kappa shape index (κ3) is 3.23. The zero-order valence-electron chi connectivity index (χ0n) is 14.6. The summed E-state index contributed by atoms with van der Waals surface area (Å²) in [5.74, 6) is 0.211. The maximum atomic E-state index is 12.7. The molecule has 0 spiro atoms. The molecule has 1 aliphatic rings. The number of aromatic nitrogens is 2. The highest BCUT2D eigenvalue weighted by Gasteiger charge is 2.28. The van der Waals surface area contributed by atoms with Crippen molar-refractivity contribution in [2.24, 2.45) is 0 Å². The lowest BCUT2D eigenvalue weighted by atomic mass is 10.1. The van der Waals surface area contributed by atoms with E-state index in [9.17, 15) is 4.79 Å². The molecular weight excluding hydrogens is 334 g/mol. The second-order valence-electron chi connectivity index (χ2n) is 6.30. The van der Waals surface area contributed by atoms with Crippen LogP contribution in [0.15, 0.2) is 41.3 Å². The number of anilines is 1. The first-order chi connectivity index (χ1) is 12.8. The highest BCUT2D eigenvalue weighted by molar-refractivity contribution is 6.04. The third-order valence-corrected chi connectivity index (χ3v) is 4.60. The van der Waals surface area contributed by atoms with E-state index in [1.54, 1.807) is 7.11 Å². The quantitative estimate of drug-likeness (QED) is 0.733. The van der Waals surface area contributed by atoms with Crippen LogP contribution in [0.1, 0.15) is 35.2 Å². The Morgan fingerprint density at radius 3 is 3.15 bits per heavy atom. The van der Waals surface area contributed by atoms with E-state index < -0.39 is 0 Å². The monoisotopic (exact) mass is 355 g/mol. The number of rotatable bonds is 6. The molecule has 3 heterocycles. The fraction of sp³-hybridized carbons (Fsp3) is 0.368. The van der Waals surface area contributed by atoms with E-state index in [0.717, 1.165) is 30.3 Å². The van der Waals surface area contributed by atoms with Gasteiger partial charge in [0.05, 0.1) is 12.1 Å². The summed E-state index contributed by atoms with van der Waals surface area (Å²) in [7, 11) is 1.68. The molecule has 1 N–H and O–H groups in total. The van der Waals surface area contributed by atoms with Crippen molar-refractivity contribution in [1.82, 2.24) is 9.55 Å². The number of carbonyl (C=O) groups is 1. The smallest absolute Gasteiger partial charge is 0.278 e. The predicted molar refractivity (Wildman–Crippen MR) is 96.2 cm³/mol. The molecule has 1 fully saturated rings. The highest BCUT2D eigenvalue weighted by Crippen LogP contribution is 2.31. The normalized spacial score (nSPS) is 17.0. The van der Waals surface area contributed by atoms with Gasteiger partial charge in [0, 0.05) is 32.1 Å². The van der Waals surface area contributed by atoms with Crippen LogP contribution in [0.2, 0.25) is 0 Å². The van der Waals surface area contributed by atoms with Gasteiger partial charge in [0.15, 0.2) is 17.8 Å². The van der Waals surface area contributed by atoms with Gasteiger partial charge in [-0.2, -0.15) is 0 Å². The number of nitrogens with one attached hydrogen (secondary N) is 1. The minimum Gasteiger partial charge on any atom is -0.445 e. The summed E-state index contributed by atoms with van der Waals surface area (Å²) in [5.41, 5.74) is 2.03. The van der Waals surface area contributed by atoms with E-state index in [1.165, 1.54) is 6.39 Å².